The first-order valence-electron chi connectivity index (χ1n) is 8.38. The van der Waals surface area contributed by atoms with Crippen LogP contribution >= 0.6 is 0 Å². The lowest BCUT2D eigenvalue weighted by Gasteiger charge is -2.35. The van der Waals surface area contributed by atoms with Gasteiger partial charge in [0.25, 0.3) is 5.91 Å². The Morgan fingerprint density at radius 3 is 2.80 bits per heavy atom. The van der Waals surface area contributed by atoms with Crippen molar-refractivity contribution in [2.24, 2.45) is 0 Å². The van der Waals surface area contributed by atoms with E-state index in [9.17, 15) is 4.79 Å². The molecule has 1 aliphatic heterocycles. The van der Waals surface area contributed by atoms with E-state index >= 15 is 0 Å². The van der Waals surface area contributed by atoms with Crippen molar-refractivity contribution in [1.29, 1.82) is 0 Å². The number of amides is 1. The largest absolute Gasteiger partial charge is 0.382 e. The number of aromatic nitrogens is 2. The number of morpholine rings is 1. The highest BCUT2D eigenvalue weighted by Gasteiger charge is 2.24. The quantitative estimate of drug-likeness (QED) is 0.848. The zero-order valence-electron chi connectivity index (χ0n) is 14.3. The molecule has 0 unspecified atom stereocenters. The van der Waals surface area contributed by atoms with E-state index in [2.05, 4.69) is 45.3 Å². The smallest absolute Gasteiger partial charge is 0.273 e. The van der Waals surface area contributed by atoms with E-state index in [1.54, 1.807) is 0 Å². The Balaban J connectivity index is 1.75. The van der Waals surface area contributed by atoms with Gasteiger partial charge in [-0.15, -0.1) is 0 Å². The first-order valence-corrected chi connectivity index (χ1v) is 8.38. The van der Waals surface area contributed by atoms with Crippen LogP contribution in [-0.4, -0.2) is 53.6 Å². The summed E-state index contributed by atoms with van der Waals surface area (Å²) in [6.45, 7) is 5.61. The van der Waals surface area contributed by atoms with Gasteiger partial charge in [-0.25, -0.2) is 9.97 Å². The van der Waals surface area contributed by atoms with Crippen LogP contribution in [-0.2, 0) is 4.74 Å². The normalized spacial score (nSPS) is 16.4. The molecule has 1 aromatic heterocycles. The molecule has 3 N–H and O–H groups in total. The minimum atomic E-state index is -0.309. The lowest BCUT2D eigenvalue weighted by Crippen LogP contribution is -2.44. The van der Waals surface area contributed by atoms with Crippen LogP contribution in [0.4, 0.5) is 5.82 Å². The maximum atomic E-state index is 12.4. The van der Waals surface area contributed by atoms with Crippen LogP contribution < -0.4 is 11.1 Å². The van der Waals surface area contributed by atoms with Crippen LogP contribution in [0.2, 0.25) is 0 Å². The van der Waals surface area contributed by atoms with E-state index in [0.717, 1.165) is 13.1 Å². The van der Waals surface area contributed by atoms with Crippen LogP contribution in [0.1, 0.15) is 27.7 Å². The number of benzene rings is 1. The Hall–Kier alpha value is -2.51. The molecule has 1 aliphatic rings. The summed E-state index contributed by atoms with van der Waals surface area (Å²) in [5.74, 6) is -0.171. The van der Waals surface area contributed by atoms with Crippen molar-refractivity contribution >= 4 is 11.7 Å². The fourth-order valence-electron chi connectivity index (χ4n) is 3.02. The van der Waals surface area contributed by atoms with Gasteiger partial charge in [0.2, 0.25) is 0 Å². The van der Waals surface area contributed by atoms with Crippen molar-refractivity contribution in [3.63, 3.8) is 0 Å². The summed E-state index contributed by atoms with van der Waals surface area (Å²) in [6.07, 6.45) is 2.93. The first-order chi connectivity index (χ1) is 12.1. The number of nitrogen functional groups attached to an aromatic ring is 1. The standard InChI is InChI=1S/C18H23N5O2/c1-13-3-2-4-14(11-13)15(23-7-9-25-10-8-23)12-22-18(24)16-17(19)21-6-5-20-16/h2-6,11,15H,7-10,12H2,1H3,(H2,19,21)(H,22,24)/t15-/m0/s1. The van der Waals surface area contributed by atoms with Crippen LogP contribution in [0.3, 0.4) is 0 Å². The molecule has 132 valence electrons. The highest BCUT2D eigenvalue weighted by molar-refractivity contribution is 5.96. The molecule has 0 saturated carbocycles. The molecule has 0 spiro atoms. The average molecular weight is 341 g/mol. The molecule has 7 heteroatoms. The third-order valence-electron chi connectivity index (χ3n) is 4.31. The monoisotopic (exact) mass is 341 g/mol. The summed E-state index contributed by atoms with van der Waals surface area (Å²) in [5.41, 5.74) is 8.27. The number of aryl methyl sites for hydroxylation is 1. The second kappa shape index (κ2) is 8.04. The number of rotatable bonds is 5. The summed E-state index contributed by atoms with van der Waals surface area (Å²) in [4.78, 5) is 22.7. The number of carbonyl (C=O) groups excluding carboxylic acids is 1. The molecule has 25 heavy (non-hydrogen) atoms. The van der Waals surface area contributed by atoms with E-state index in [1.165, 1.54) is 23.5 Å². The molecule has 7 nitrogen and oxygen atoms in total. The summed E-state index contributed by atoms with van der Waals surface area (Å²) in [7, 11) is 0. The first kappa shape index (κ1) is 17.3. The van der Waals surface area contributed by atoms with Gasteiger partial charge in [-0.2, -0.15) is 0 Å². The van der Waals surface area contributed by atoms with Gasteiger partial charge in [0.1, 0.15) is 0 Å². The summed E-state index contributed by atoms with van der Waals surface area (Å²) in [6, 6.07) is 8.43. The molecule has 0 radical (unpaired) electrons. The number of nitrogens with one attached hydrogen (secondary N) is 1. The molecule has 3 rings (SSSR count). The predicted molar refractivity (Wildman–Crippen MR) is 95.1 cm³/mol. The second-order valence-electron chi connectivity index (χ2n) is 6.08. The van der Waals surface area contributed by atoms with Crippen molar-refractivity contribution < 1.29 is 9.53 Å². The lowest BCUT2D eigenvalue weighted by molar-refractivity contribution is 0.0162. The predicted octanol–water partition coefficient (Wildman–Crippen LogP) is 1.17. The van der Waals surface area contributed by atoms with E-state index in [1.807, 2.05) is 6.07 Å². The third kappa shape index (κ3) is 4.32. The molecule has 1 fully saturated rings. The molecule has 1 amide bonds. The fraction of sp³-hybridized carbons (Fsp3) is 0.389. The number of hydrogen-bond donors (Lipinski definition) is 2. The maximum Gasteiger partial charge on any atom is 0.273 e. The van der Waals surface area contributed by atoms with Crippen molar-refractivity contribution in [2.75, 3.05) is 38.6 Å². The SMILES string of the molecule is Cc1cccc([C@H](CNC(=O)c2nccnc2N)N2CCOCC2)c1. The second-order valence-corrected chi connectivity index (χ2v) is 6.08. The van der Waals surface area contributed by atoms with Crippen LogP contribution in [0.5, 0.6) is 0 Å². The Bertz CT molecular complexity index is 731. The van der Waals surface area contributed by atoms with Gasteiger partial charge in [-0.1, -0.05) is 29.8 Å². The van der Waals surface area contributed by atoms with Gasteiger partial charge >= 0.3 is 0 Å². The highest BCUT2D eigenvalue weighted by atomic mass is 16.5. The van der Waals surface area contributed by atoms with Gasteiger partial charge in [-0.05, 0) is 12.5 Å². The molecule has 2 heterocycles. The van der Waals surface area contributed by atoms with Crippen LogP contribution in [0.25, 0.3) is 0 Å². The topological polar surface area (TPSA) is 93.4 Å². The van der Waals surface area contributed by atoms with Crippen LogP contribution in [0.15, 0.2) is 36.7 Å². The number of carbonyl (C=O) groups is 1. The van der Waals surface area contributed by atoms with Gasteiger partial charge in [-0.3, -0.25) is 9.69 Å². The molecule has 1 aromatic carbocycles. The molecule has 2 aromatic rings. The van der Waals surface area contributed by atoms with E-state index in [4.69, 9.17) is 10.5 Å². The Kier molecular flexibility index (Phi) is 5.57. The van der Waals surface area contributed by atoms with Crippen molar-refractivity contribution in [3.05, 3.63) is 53.5 Å². The summed E-state index contributed by atoms with van der Waals surface area (Å²) >= 11 is 0. The minimum absolute atomic E-state index is 0.0747. The van der Waals surface area contributed by atoms with Crippen molar-refractivity contribution in [1.82, 2.24) is 20.2 Å². The summed E-state index contributed by atoms with van der Waals surface area (Å²) < 4.78 is 5.46. The van der Waals surface area contributed by atoms with E-state index < -0.39 is 0 Å². The maximum absolute atomic E-state index is 12.4. The highest BCUT2D eigenvalue weighted by Crippen LogP contribution is 2.22. The van der Waals surface area contributed by atoms with Crippen molar-refractivity contribution in [3.8, 4) is 0 Å². The number of nitrogens with two attached hydrogens (primary N) is 1. The molecule has 0 aliphatic carbocycles. The summed E-state index contributed by atoms with van der Waals surface area (Å²) in [5, 5.41) is 2.95. The lowest BCUT2D eigenvalue weighted by atomic mass is 10.0. The Labute approximate surface area is 147 Å². The average Bonchev–Trinajstić information content (AvgIpc) is 2.63. The molecular formula is C18H23N5O2. The molecule has 1 atom stereocenters. The fourth-order valence-corrected chi connectivity index (χ4v) is 3.02. The number of ether oxygens (including phenoxy) is 1. The minimum Gasteiger partial charge on any atom is -0.382 e. The van der Waals surface area contributed by atoms with Gasteiger partial charge in [0, 0.05) is 32.0 Å². The zero-order valence-corrected chi connectivity index (χ0v) is 14.3. The van der Waals surface area contributed by atoms with E-state index in [-0.39, 0.29) is 23.5 Å². The van der Waals surface area contributed by atoms with Gasteiger partial charge in [0.05, 0.1) is 19.3 Å². The van der Waals surface area contributed by atoms with Crippen LogP contribution in [0, 0.1) is 6.92 Å². The van der Waals surface area contributed by atoms with E-state index in [0.29, 0.717) is 19.8 Å². The van der Waals surface area contributed by atoms with Gasteiger partial charge in [0.15, 0.2) is 11.5 Å². The Morgan fingerprint density at radius 2 is 2.08 bits per heavy atom. The van der Waals surface area contributed by atoms with Gasteiger partial charge < -0.3 is 15.8 Å². The zero-order chi connectivity index (χ0) is 17.6. The molecular weight excluding hydrogens is 318 g/mol. The number of nitrogens with zero attached hydrogens (tertiary/aromatic N) is 3. The van der Waals surface area contributed by atoms with Crippen molar-refractivity contribution in [2.45, 2.75) is 13.0 Å². The Morgan fingerprint density at radius 1 is 1.32 bits per heavy atom. The molecule has 1 saturated heterocycles. The molecule has 0 bridgehead atoms. The number of anilines is 1. The number of hydrogen-bond acceptors (Lipinski definition) is 6. The third-order valence-corrected chi connectivity index (χ3v) is 4.31.